The zero-order valence-corrected chi connectivity index (χ0v) is 15.3. The second-order valence-corrected chi connectivity index (χ2v) is 7.69. The summed E-state index contributed by atoms with van der Waals surface area (Å²) in [4.78, 5) is 11.9. The predicted molar refractivity (Wildman–Crippen MR) is 96.5 cm³/mol. The fourth-order valence-electron chi connectivity index (χ4n) is 2.36. The highest BCUT2D eigenvalue weighted by Crippen LogP contribution is 2.29. The van der Waals surface area contributed by atoms with Crippen molar-refractivity contribution in [2.75, 3.05) is 11.9 Å². The molecule has 0 fully saturated rings. The molecule has 0 radical (unpaired) electrons. The molecule has 2 aromatic carbocycles. The summed E-state index contributed by atoms with van der Waals surface area (Å²) in [5, 5.41) is 2.57. The SMILES string of the molecule is CCc1cccc(NC(=O)CNS(=O)(=O)Cc2cccc(C(F)(F)F)c2)c1. The first kappa shape index (κ1) is 20.9. The van der Waals surface area contributed by atoms with Crippen molar-refractivity contribution in [2.45, 2.75) is 25.3 Å². The lowest BCUT2D eigenvalue weighted by Gasteiger charge is -2.10. The fourth-order valence-corrected chi connectivity index (χ4v) is 3.43. The third kappa shape index (κ3) is 6.69. The Hall–Kier alpha value is -2.39. The Kier molecular flexibility index (Phi) is 6.61. The van der Waals surface area contributed by atoms with E-state index in [0.717, 1.165) is 30.2 Å². The number of sulfonamides is 1. The van der Waals surface area contributed by atoms with Gasteiger partial charge >= 0.3 is 6.18 Å². The fraction of sp³-hybridized carbons (Fsp3) is 0.278. The van der Waals surface area contributed by atoms with Crippen molar-refractivity contribution in [3.8, 4) is 0 Å². The third-order valence-electron chi connectivity index (χ3n) is 3.68. The highest BCUT2D eigenvalue weighted by molar-refractivity contribution is 7.88. The summed E-state index contributed by atoms with van der Waals surface area (Å²) in [6.07, 6.45) is -3.77. The van der Waals surface area contributed by atoms with E-state index in [1.165, 1.54) is 6.07 Å². The van der Waals surface area contributed by atoms with Gasteiger partial charge in [0.1, 0.15) is 0 Å². The summed E-state index contributed by atoms with van der Waals surface area (Å²) in [6.45, 7) is 1.44. The van der Waals surface area contributed by atoms with Crippen molar-refractivity contribution in [2.24, 2.45) is 0 Å². The van der Waals surface area contributed by atoms with E-state index in [2.05, 4.69) is 10.0 Å². The zero-order chi connectivity index (χ0) is 20.1. The second-order valence-electron chi connectivity index (χ2n) is 5.88. The average molecular weight is 400 g/mol. The number of benzene rings is 2. The number of anilines is 1. The average Bonchev–Trinajstić information content (AvgIpc) is 2.59. The topological polar surface area (TPSA) is 75.3 Å². The molecule has 2 rings (SSSR count). The number of rotatable bonds is 7. The van der Waals surface area contributed by atoms with E-state index in [9.17, 15) is 26.4 Å². The van der Waals surface area contributed by atoms with Gasteiger partial charge in [0.2, 0.25) is 15.9 Å². The van der Waals surface area contributed by atoms with Crippen LogP contribution in [0.3, 0.4) is 0 Å². The highest BCUT2D eigenvalue weighted by Gasteiger charge is 2.30. The van der Waals surface area contributed by atoms with Gasteiger partial charge in [0, 0.05) is 5.69 Å². The molecule has 0 saturated carbocycles. The van der Waals surface area contributed by atoms with Crippen LogP contribution >= 0.6 is 0 Å². The normalized spacial score (nSPS) is 12.0. The first-order valence-corrected chi connectivity index (χ1v) is 9.76. The lowest BCUT2D eigenvalue weighted by molar-refractivity contribution is -0.137. The minimum absolute atomic E-state index is 0.0200. The minimum Gasteiger partial charge on any atom is -0.325 e. The maximum Gasteiger partial charge on any atom is 0.416 e. The first-order chi connectivity index (χ1) is 12.6. The smallest absolute Gasteiger partial charge is 0.325 e. The third-order valence-corrected chi connectivity index (χ3v) is 4.98. The van der Waals surface area contributed by atoms with Gasteiger partial charge in [0.05, 0.1) is 17.9 Å². The summed E-state index contributed by atoms with van der Waals surface area (Å²) in [6, 6.07) is 11.2. The van der Waals surface area contributed by atoms with Crippen molar-refractivity contribution >= 4 is 21.6 Å². The molecule has 0 unspecified atom stereocenters. The van der Waals surface area contributed by atoms with Crippen LogP contribution in [0.4, 0.5) is 18.9 Å². The molecule has 146 valence electrons. The van der Waals surface area contributed by atoms with Gasteiger partial charge in [-0.05, 0) is 35.7 Å². The van der Waals surface area contributed by atoms with Crippen LogP contribution in [0.15, 0.2) is 48.5 Å². The van der Waals surface area contributed by atoms with E-state index >= 15 is 0 Å². The number of hydrogen-bond donors (Lipinski definition) is 2. The van der Waals surface area contributed by atoms with Crippen LogP contribution in [0.25, 0.3) is 0 Å². The van der Waals surface area contributed by atoms with Crippen molar-refractivity contribution in [3.05, 3.63) is 65.2 Å². The number of aryl methyl sites for hydroxylation is 1. The Morgan fingerprint density at radius 3 is 2.37 bits per heavy atom. The first-order valence-electron chi connectivity index (χ1n) is 8.11. The maximum atomic E-state index is 12.7. The molecular formula is C18H19F3N2O3S. The Morgan fingerprint density at radius 1 is 1.04 bits per heavy atom. The lowest BCUT2D eigenvalue weighted by Crippen LogP contribution is -2.33. The van der Waals surface area contributed by atoms with E-state index in [1.807, 2.05) is 13.0 Å². The molecular weight excluding hydrogens is 381 g/mol. The summed E-state index contributed by atoms with van der Waals surface area (Å²) in [7, 11) is -3.98. The number of nitrogens with one attached hydrogen (secondary N) is 2. The minimum atomic E-state index is -4.56. The Balaban J connectivity index is 1.95. The molecule has 0 heterocycles. The van der Waals surface area contributed by atoms with Crippen molar-refractivity contribution < 1.29 is 26.4 Å². The quantitative estimate of drug-likeness (QED) is 0.749. The van der Waals surface area contributed by atoms with Gasteiger partial charge in [-0.1, -0.05) is 37.3 Å². The van der Waals surface area contributed by atoms with Crippen molar-refractivity contribution in [1.82, 2.24) is 4.72 Å². The summed E-state index contributed by atoms with van der Waals surface area (Å²) >= 11 is 0. The molecule has 9 heteroatoms. The van der Waals surface area contributed by atoms with Gasteiger partial charge < -0.3 is 5.32 Å². The van der Waals surface area contributed by atoms with E-state index in [0.29, 0.717) is 5.69 Å². The van der Waals surface area contributed by atoms with Crippen LogP contribution in [-0.4, -0.2) is 20.9 Å². The highest BCUT2D eigenvalue weighted by atomic mass is 32.2. The molecule has 27 heavy (non-hydrogen) atoms. The molecule has 1 amide bonds. The number of alkyl halides is 3. The number of halogens is 3. The van der Waals surface area contributed by atoms with E-state index < -0.39 is 40.0 Å². The van der Waals surface area contributed by atoms with Crippen molar-refractivity contribution in [1.29, 1.82) is 0 Å². The van der Waals surface area contributed by atoms with Gasteiger partial charge in [-0.3, -0.25) is 4.79 Å². The van der Waals surface area contributed by atoms with Crippen LogP contribution in [-0.2, 0) is 33.2 Å². The molecule has 0 bridgehead atoms. The van der Waals surface area contributed by atoms with Crippen LogP contribution in [0.5, 0.6) is 0 Å². The number of carbonyl (C=O) groups excluding carboxylic acids is 1. The Morgan fingerprint density at radius 2 is 1.70 bits per heavy atom. The largest absolute Gasteiger partial charge is 0.416 e. The van der Waals surface area contributed by atoms with Gasteiger partial charge in [-0.2, -0.15) is 13.2 Å². The standard InChI is InChI=1S/C18H19F3N2O3S/c1-2-13-5-4-8-16(10-13)23-17(24)11-22-27(25,26)12-14-6-3-7-15(9-14)18(19,20)21/h3-10,22H,2,11-12H2,1H3,(H,23,24). The molecule has 0 spiro atoms. The molecule has 2 aromatic rings. The van der Waals surface area contributed by atoms with E-state index in [-0.39, 0.29) is 5.56 Å². The second kappa shape index (κ2) is 8.53. The molecule has 0 saturated heterocycles. The Bertz CT molecular complexity index is 912. The van der Waals surface area contributed by atoms with E-state index in [1.54, 1.807) is 18.2 Å². The van der Waals surface area contributed by atoms with Crippen LogP contribution in [0.1, 0.15) is 23.6 Å². The van der Waals surface area contributed by atoms with E-state index in [4.69, 9.17) is 0 Å². The summed E-state index contributed by atoms with van der Waals surface area (Å²) in [5.41, 5.74) is 0.603. The lowest BCUT2D eigenvalue weighted by atomic mass is 10.1. The molecule has 0 aliphatic carbocycles. The maximum absolute atomic E-state index is 12.7. The van der Waals surface area contributed by atoms with Gasteiger partial charge in [-0.25, -0.2) is 13.1 Å². The molecule has 0 atom stereocenters. The van der Waals surface area contributed by atoms with Crippen LogP contribution in [0, 0.1) is 0 Å². The van der Waals surface area contributed by atoms with Crippen molar-refractivity contribution in [3.63, 3.8) is 0 Å². The molecule has 0 aromatic heterocycles. The number of carbonyl (C=O) groups is 1. The summed E-state index contributed by atoms with van der Waals surface area (Å²) in [5.74, 6) is -1.23. The van der Waals surface area contributed by atoms with Crippen LogP contribution < -0.4 is 10.0 Å². The summed E-state index contributed by atoms with van der Waals surface area (Å²) < 4.78 is 64.3. The Labute approximate surface area is 155 Å². The predicted octanol–water partition coefficient (Wildman–Crippen LogP) is 3.33. The number of amides is 1. The van der Waals surface area contributed by atoms with Crippen LogP contribution in [0.2, 0.25) is 0 Å². The van der Waals surface area contributed by atoms with Gasteiger partial charge in [-0.15, -0.1) is 0 Å². The molecule has 5 nitrogen and oxygen atoms in total. The van der Waals surface area contributed by atoms with Gasteiger partial charge in [0.15, 0.2) is 0 Å². The molecule has 2 N–H and O–H groups in total. The molecule has 0 aliphatic rings. The number of hydrogen-bond acceptors (Lipinski definition) is 3. The molecule has 0 aliphatic heterocycles. The zero-order valence-electron chi connectivity index (χ0n) is 14.5. The van der Waals surface area contributed by atoms with Gasteiger partial charge in [0.25, 0.3) is 0 Å². The monoisotopic (exact) mass is 400 g/mol.